The molecule has 2 atom stereocenters. The third-order valence-corrected chi connectivity index (χ3v) is 4.57. The van der Waals surface area contributed by atoms with E-state index in [1.54, 1.807) is 29.2 Å². The van der Waals surface area contributed by atoms with Gasteiger partial charge in [0.25, 0.3) is 0 Å². The lowest BCUT2D eigenvalue weighted by molar-refractivity contribution is -0.127. The fraction of sp³-hybridized carbons (Fsp3) is 0.400. The highest BCUT2D eigenvalue weighted by atomic mass is 35.5. The molecule has 2 rings (SSSR count). The molecule has 1 heterocycles. The zero-order valence-corrected chi connectivity index (χ0v) is 12.7. The maximum absolute atomic E-state index is 12.2. The van der Waals surface area contributed by atoms with E-state index in [2.05, 4.69) is 0 Å². The van der Waals surface area contributed by atoms with E-state index in [1.165, 1.54) is 6.08 Å². The summed E-state index contributed by atoms with van der Waals surface area (Å²) in [7, 11) is 0. The molecular weight excluding hydrogens is 297 g/mol. The molecule has 1 aromatic rings. The molecule has 1 fully saturated rings. The van der Waals surface area contributed by atoms with Crippen molar-refractivity contribution in [1.29, 1.82) is 0 Å². The minimum atomic E-state index is -0.107. The van der Waals surface area contributed by atoms with Gasteiger partial charge in [-0.25, -0.2) is 0 Å². The molecular formula is C15H17Cl2NO2. The summed E-state index contributed by atoms with van der Waals surface area (Å²) in [5.41, 5.74) is 0.709. The third-order valence-electron chi connectivity index (χ3n) is 3.74. The van der Waals surface area contributed by atoms with Crippen LogP contribution in [0, 0.1) is 5.92 Å². The van der Waals surface area contributed by atoms with Crippen molar-refractivity contribution < 1.29 is 9.90 Å². The summed E-state index contributed by atoms with van der Waals surface area (Å²) < 4.78 is 0. The van der Waals surface area contributed by atoms with E-state index in [9.17, 15) is 9.90 Å². The van der Waals surface area contributed by atoms with Crippen molar-refractivity contribution in [3.63, 3.8) is 0 Å². The van der Waals surface area contributed by atoms with Gasteiger partial charge >= 0.3 is 0 Å². The van der Waals surface area contributed by atoms with Crippen LogP contribution in [0.5, 0.6) is 0 Å². The molecule has 1 aliphatic rings. The Balaban J connectivity index is 2.11. The maximum atomic E-state index is 12.2. The molecule has 0 aliphatic carbocycles. The summed E-state index contributed by atoms with van der Waals surface area (Å²) in [6.45, 7) is 2.73. The number of hydrogen-bond donors (Lipinski definition) is 1. The first-order valence-electron chi connectivity index (χ1n) is 6.58. The molecule has 0 spiro atoms. The van der Waals surface area contributed by atoms with Crippen molar-refractivity contribution in [3.05, 3.63) is 39.9 Å². The van der Waals surface area contributed by atoms with Gasteiger partial charge in [0.2, 0.25) is 5.91 Å². The number of hydrogen-bond acceptors (Lipinski definition) is 2. The Morgan fingerprint density at radius 3 is 2.95 bits per heavy atom. The lowest BCUT2D eigenvalue weighted by Gasteiger charge is -2.23. The Kier molecular flexibility index (Phi) is 5.08. The summed E-state index contributed by atoms with van der Waals surface area (Å²) in [6, 6.07) is 5.19. The van der Waals surface area contributed by atoms with Crippen LogP contribution in [0.25, 0.3) is 6.08 Å². The Morgan fingerprint density at radius 2 is 2.25 bits per heavy atom. The quantitative estimate of drug-likeness (QED) is 0.870. The lowest BCUT2D eigenvalue weighted by Crippen LogP contribution is -2.38. The van der Waals surface area contributed by atoms with Crippen LogP contribution >= 0.6 is 23.2 Å². The smallest absolute Gasteiger partial charge is 0.246 e. The standard InChI is InChI=1S/C15H17Cl2NO2/c1-10-7-8-18(13(10)9-19)14(20)6-5-11-3-2-4-12(16)15(11)17/h2-6,10,13,19H,7-9H2,1H3/b6-5+. The van der Waals surface area contributed by atoms with Crippen molar-refractivity contribution in [2.75, 3.05) is 13.2 Å². The monoisotopic (exact) mass is 313 g/mol. The van der Waals surface area contributed by atoms with Crippen LogP contribution in [0.2, 0.25) is 10.0 Å². The molecule has 20 heavy (non-hydrogen) atoms. The molecule has 1 N–H and O–H groups in total. The molecule has 1 aliphatic heterocycles. The molecule has 108 valence electrons. The van der Waals surface area contributed by atoms with Gasteiger partial charge in [-0.1, -0.05) is 42.3 Å². The fourth-order valence-corrected chi connectivity index (χ4v) is 2.84. The number of benzene rings is 1. The fourth-order valence-electron chi connectivity index (χ4n) is 2.47. The van der Waals surface area contributed by atoms with Crippen LogP contribution < -0.4 is 0 Å². The molecule has 1 amide bonds. The van der Waals surface area contributed by atoms with Crippen LogP contribution in [-0.4, -0.2) is 35.1 Å². The second-order valence-electron chi connectivity index (χ2n) is 5.02. The van der Waals surface area contributed by atoms with Crippen LogP contribution in [0.15, 0.2) is 24.3 Å². The van der Waals surface area contributed by atoms with Crippen molar-refractivity contribution in [2.24, 2.45) is 5.92 Å². The van der Waals surface area contributed by atoms with Crippen LogP contribution in [0.4, 0.5) is 0 Å². The maximum Gasteiger partial charge on any atom is 0.246 e. The van der Waals surface area contributed by atoms with Gasteiger partial charge in [0, 0.05) is 12.6 Å². The number of likely N-dealkylation sites (tertiary alicyclic amines) is 1. The number of aliphatic hydroxyl groups is 1. The van der Waals surface area contributed by atoms with Gasteiger partial charge in [-0.3, -0.25) is 4.79 Å². The minimum absolute atomic E-state index is 0.00132. The number of nitrogens with zero attached hydrogens (tertiary/aromatic N) is 1. The number of halogens is 2. The highest BCUT2D eigenvalue weighted by Gasteiger charge is 2.32. The van der Waals surface area contributed by atoms with E-state index < -0.39 is 0 Å². The number of rotatable bonds is 3. The Morgan fingerprint density at radius 1 is 1.50 bits per heavy atom. The Labute approximate surface area is 128 Å². The van der Waals surface area contributed by atoms with Gasteiger partial charge in [0.15, 0.2) is 0 Å². The van der Waals surface area contributed by atoms with E-state index >= 15 is 0 Å². The number of aliphatic hydroxyl groups excluding tert-OH is 1. The van der Waals surface area contributed by atoms with Crippen LogP contribution in [0.1, 0.15) is 18.9 Å². The van der Waals surface area contributed by atoms with E-state index in [0.717, 1.165) is 6.42 Å². The average molecular weight is 314 g/mol. The first kappa shape index (κ1) is 15.4. The van der Waals surface area contributed by atoms with Crippen LogP contribution in [0.3, 0.4) is 0 Å². The van der Waals surface area contributed by atoms with Crippen LogP contribution in [-0.2, 0) is 4.79 Å². The molecule has 5 heteroatoms. The Hall–Kier alpha value is -1.03. The molecule has 1 saturated heterocycles. The minimum Gasteiger partial charge on any atom is -0.394 e. The molecule has 0 bridgehead atoms. The van der Waals surface area contributed by atoms with Gasteiger partial charge < -0.3 is 10.0 Å². The molecule has 0 saturated carbocycles. The topological polar surface area (TPSA) is 40.5 Å². The van der Waals surface area contributed by atoms with E-state index in [4.69, 9.17) is 23.2 Å². The van der Waals surface area contributed by atoms with Crippen molar-refractivity contribution in [1.82, 2.24) is 4.90 Å². The van der Waals surface area contributed by atoms with Gasteiger partial charge in [-0.15, -0.1) is 0 Å². The van der Waals surface area contributed by atoms with E-state index in [-0.39, 0.29) is 18.6 Å². The first-order chi connectivity index (χ1) is 9.54. The van der Waals surface area contributed by atoms with E-state index in [0.29, 0.717) is 28.1 Å². The predicted octanol–water partition coefficient (Wildman–Crippen LogP) is 3.24. The van der Waals surface area contributed by atoms with Gasteiger partial charge in [0.1, 0.15) is 0 Å². The second kappa shape index (κ2) is 6.61. The molecule has 1 aromatic carbocycles. The zero-order valence-electron chi connectivity index (χ0n) is 11.2. The summed E-state index contributed by atoms with van der Waals surface area (Å²) in [5, 5.41) is 10.3. The molecule has 2 unspecified atom stereocenters. The molecule has 3 nitrogen and oxygen atoms in total. The van der Waals surface area contributed by atoms with Crippen molar-refractivity contribution in [3.8, 4) is 0 Å². The van der Waals surface area contributed by atoms with Gasteiger partial charge in [-0.2, -0.15) is 0 Å². The molecule has 0 radical (unpaired) electrons. The highest BCUT2D eigenvalue weighted by molar-refractivity contribution is 6.42. The largest absolute Gasteiger partial charge is 0.394 e. The van der Waals surface area contributed by atoms with Gasteiger partial charge in [0.05, 0.1) is 22.7 Å². The highest BCUT2D eigenvalue weighted by Crippen LogP contribution is 2.27. The lowest BCUT2D eigenvalue weighted by atomic mass is 10.0. The number of amides is 1. The average Bonchev–Trinajstić information content (AvgIpc) is 2.81. The third kappa shape index (κ3) is 3.17. The normalized spacial score (nSPS) is 22.7. The molecule has 0 aromatic heterocycles. The summed E-state index contributed by atoms with van der Waals surface area (Å²) in [5.74, 6) is 0.219. The second-order valence-corrected chi connectivity index (χ2v) is 5.81. The van der Waals surface area contributed by atoms with Crippen molar-refractivity contribution >= 4 is 35.2 Å². The zero-order chi connectivity index (χ0) is 14.7. The first-order valence-corrected chi connectivity index (χ1v) is 7.33. The van der Waals surface area contributed by atoms with Gasteiger partial charge in [-0.05, 0) is 30.0 Å². The summed E-state index contributed by atoms with van der Waals surface area (Å²) in [4.78, 5) is 13.9. The SMILES string of the molecule is CC1CCN(C(=O)/C=C/c2cccc(Cl)c2Cl)C1CO. The summed E-state index contributed by atoms with van der Waals surface area (Å²) >= 11 is 12.0. The summed E-state index contributed by atoms with van der Waals surface area (Å²) in [6.07, 6.45) is 4.06. The predicted molar refractivity (Wildman–Crippen MR) is 81.9 cm³/mol. The van der Waals surface area contributed by atoms with E-state index in [1.807, 2.05) is 6.92 Å². The Bertz CT molecular complexity index is 531. The number of carbonyl (C=O) groups excluding carboxylic acids is 1. The number of carbonyl (C=O) groups is 1. The van der Waals surface area contributed by atoms with Crippen molar-refractivity contribution in [2.45, 2.75) is 19.4 Å².